The maximum atomic E-state index is 6.11. The van der Waals surface area contributed by atoms with Crippen LogP contribution in [0.1, 0.15) is 50.6 Å². The van der Waals surface area contributed by atoms with E-state index >= 15 is 0 Å². The molecule has 0 saturated carbocycles. The number of para-hydroxylation sites is 1. The molecular weight excluding hydrogens is 260 g/mol. The van der Waals surface area contributed by atoms with Gasteiger partial charge in [0.2, 0.25) is 0 Å². The van der Waals surface area contributed by atoms with Gasteiger partial charge in [-0.3, -0.25) is 0 Å². The molecule has 1 aliphatic rings. The lowest BCUT2D eigenvalue weighted by Crippen LogP contribution is -2.37. The zero-order valence-electron chi connectivity index (χ0n) is 13.8. The molecule has 0 radical (unpaired) electrons. The fourth-order valence-corrected chi connectivity index (χ4v) is 3.29. The number of hydrogen-bond acceptors (Lipinski definition) is 3. The van der Waals surface area contributed by atoms with Crippen molar-refractivity contribution in [1.82, 2.24) is 10.2 Å². The summed E-state index contributed by atoms with van der Waals surface area (Å²) < 4.78 is 6.11. The largest absolute Gasteiger partial charge is 0.493 e. The number of likely N-dealkylation sites (tertiary alicyclic amines) is 1. The average molecular weight is 290 g/mol. The summed E-state index contributed by atoms with van der Waals surface area (Å²) in [6.07, 6.45) is 6.22. The number of benzene rings is 1. The van der Waals surface area contributed by atoms with Gasteiger partial charge in [0.05, 0.1) is 6.61 Å². The van der Waals surface area contributed by atoms with Crippen molar-refractivity contribution in [2.45, 2.75) is 51.1 Å². The lowest BCUT2D eigenvalue weighted by molar-refractivity contribution is 0.152. The quantitative estimate of drug-likeness (QED) is 0.830. The maximum Gasteiger partial charge on any atom is 0.124 e. The molecule has 21 heavy (non-hydrogen) atoms. The van der Waals surface area contributed by atoms with Crippen molar-refractivity contribution < 1.29 is 4.74 Å². The molecule has 3 nitrogen and oxygen atoms in total. The molecule has 2 rings (SSSR count). The molecule has 1 heterocycles. The summed E-state index contributed by atoms with van der Waals surface area (Å²) in [7, 11) is 4.26. The van der Waals surface area contributed by atoms with Crippen LogP contribution in [0, 0.1) is 0 Å². The minimum absolute atomic E-state index is 0.374. The summed E-state index contributed by atoms with van der Waals surface area (Å²) in [5.74, 6) is 1.04. The lowest BCUT2D eigenvalue weighted by atomic mass is 10.0. The Morgan fingerprint density at radius 3 is 2.86 bits per heavy atom. The number of nitrogens with one attached hydrogen (secondary N) is 1. The van der Waals surface area contributed by atoms with Crippen LogP contribution in [0.25, 0.3) is 0 Å². The molecule has 1 aromatic rings. The van der Waals surface area contributed by atoms with Crippen molar-refractivity contribution in [3.05, 3.63) is 29.8 Å². The van der Waals surface area contributed by atoms with E-state index in [1.165, 1.54) is 31.4 Å². The number of hydrogen-bond donors (Lipinski definition) is 1. The van der Waals surface area contributed by atoms with Crippen LogP contribution < -0.4 is 10.1 Å². The first-order valence-corrected chi connectivity index (χ1v) is 8.35. The minimum atomic E-state index is 0.374. The van der Waals surface area contributed by atoms with E-state index in [1.807, 2.05) is 7.05 Å². The standard InChI is InChI=1S/C18H30N2O/c1-4-17(19-2)16-10-5-6-11-18(16)21-14-12-15-9-7-8-13-20(15)3/h5-6,10-11,15,17,19H,4,7-9,12-14H2,1-3H3. The van der Waals surface area contributed by atoms with E-state index in [0.29, 0.717) is 12.1 Å². The highest BCUT2D eigenvalue weighted by Crippen LogP contribution is 2.27. The van der Waals surface area contributed by atoms with Gasteiger partial charge in [0, 0.05) is 17.6 Å². The van der Waals surface area contributed by atoms with Crippen molar-refractivity contribution in [3.8, 4) is 5.75 Å². The van der Waals surface area contributed by atoms with Crippen molar-refractivity contribution in [3.63, 3.8) is 0 Å². The molecule has 1 aromatic carbocycles. The summed E-state index contributed by atoms with van der Waals surface area (Å²) in [6, 6.07) is 9.49. The monoisotopic (exact) mass is 290 g/mol. The molecule has 1 aliphatic heterocycles. The van der Waals surface area contributed by atoms with Gasteiger partial charge in [-0.1, -0.05) is 31.5 Å². The first kappa shape index (κ1) is 16.3. The summed E-state index contributed by atoms with van der Waals surface area (Å²) >= 11 is 0. The Balaban J connectivity index is 1.90. The third kappa shape index (κ3) is 4.45. The van der Waals surface area contributed by atoms with Gasteiger partial charge < -0.3 is 15.0 Å². The fraction of sp³-hybridized carbons (Fsp3) is 0.667. The SMILES string of the molecule is CCC(NC)c1ccccc1OCCC1CCCCN1C. The van der Waals surface area contributed by atoms with Crippen LogP contribution in [0.15, 0.2) is 24.3 Å². The number of nitrogens with zero attached hydrogens (tertiary/aromatic N) is 1. The highest BCUT2D eigenvalue weighted by atomic mass is 16.5. The Hall–Kier alpha value is -1.06. The number of ether oxygens (including phenoxy) is 1. The van der Waals surface area contributed by atoms with Crippen LogP contribution in [0.3, 0.4) is 0 Å². The van der Waals surface area contributed by atoms with Gasteiger partial charge in [-0.25, -0.2) is 0 Å². The van der Waals surface area contributed by atoms with Crippen LogP contribution in [0.5, 0.6) is 5.75 Å². The van der Waals surface area contributed by atoms with Crippen molar-refractivity contribution in [2.24, 2.45) is 0 Å². The predicted octanol–water partition coefficient (Wildman–Crippen LogP) is 3.61. The highest BCUT2D eigenvalue weighted by molar-refractivity contribution is 5.35. The van der Waals surface area contributed by atoms with Gasteiger partial charge in [-0.15, -0.1) is 0 Å². The molecule has 1 N–H and O–H groups in total. The minimum Gasteiger partial charge on any atom is -0.493 e. The molecular formula is C18H30N2O. The van der Waals surface area contributed by atoms with Crippen molar-refractivity contribution in [2.75, 3.05) is 27.2 Å². The molecule has 0 bridgehead atoms. The predicted molar refractivity (Wildman–Crippen MR) is 88.9 cm³/mol. The van der Waals surface area contributed by atoms with Crippen LogP contribution in [0.4, 0.5) is 0 Å². The molecule has 1 saturated heterocycles. The summed E-state index contributed by atoms with van der Waals surface area (Å²) in [5.41, 5.74) is 1.28. The molecule has 3 heteroatoms. The highest BCUT2D eigenvalue weighted by Gasteiger charge is 2.19. The third-order valence-corrected chi connectivity index (χ3v) is 4.68. The van der Waals surface area contributed by atoms with E-state index in [-0.39, 0.29) is 0 Å². The van der Waals surface area contributed by atoms with Crippen LogP contribution in [0.2, 0.25) is 0 Å². The Bertz CT molecular complexity index is 417. The van der Waals surface area contributed by atoms with Gasteiger partial charge in [0.1, 0.15) is 5.75 Å². The second-order valence-corrected chi connectivity index (χ2v) is 6.05. The second kappa shape index (κ2) is 8.40. The first-order chi connectivity index (χ1) is 10.3. The summed E-state index contributed by atoms with van der Waals surface area (Å²) in [6.45, 7) is 4.25. The second-order valence-electron chi connectivity index (χ2n) is 6.05. The number of piperidine rings is 1. The van der Waals surface area contributed by atoms with E-state index in [9.17, 15) is 0 Å². The van der Waals surface area contributed by atoms with Gasteiger partial charge in [0.15, 0.2) is 0 Å². The zero-order chi connectivity index (χ0) is 15.1. The topological polar surface area (TPSA) is 24.5 Å². The lowest BCUT2D eigenvalue weighted by Gasteiger charge is -2.32. The van der Waals surface area contributed by atoms with Gasteiger partial charge in [0.25, 0.3) is 0 Å². The summed E-state index contributed by atoms with van der Waals surface area (Å²) in [4.78, 5) is 2.49. The first-order valence-electron chi connectivity index (χ1n) is 8.35. The third-order valence-electron chi connectivity index (χ3n) is 4.68. The smallest absolute Gasteiger partial charge is 0.124 e. The zero-order valence-corrected chi connectivity index (χ0v) is 13.8. The Morgan fingerprint density at radius 2 is 2.14 bits per heavy atom. The number of rotatable bonds is 7. The molecule has 0 spiro atoms. The average Bonchev–Trinajstić information content (AvgIpc) is 2.52. The fourth-order valence-electron chi connectivity index (χ4n) is 3.29. The summed E-state index contributed by atoms with van der Waals surface area (Å²) in [5, 5.41) is 3.37. The molecule has 1 fully saturated rings. The molecule has 118 valence electrons. The molecule has 2 unspecified atom stereocenters. The van der Waals surface area contributed by atoms with Crippen LogP contribution >= 0.6 is 0 Å². The van der Waals surface area contributed by atoms with Crippen molar-refractivity contribution >= 4 is 0 Å². The van der Waals surface area contributed by atoms with E-state index in [1.54, 1.807) is 0 Å². The van der Waals surface area contributed by atoms with Gasteiger partial charge >= 0.3 is 0 Å². The van der Waals surface area contributed by atoms with E-state index in [2.05, 4.69) is 48.5 Å². The Kier molecular flexibility index (Phi) is 6.52. The molecule has 2 atom stereocenters. The van der Waals surface area contributed by atoms with Crippen LogP contribution in [-0.4, -0.2) is 38.2 Å². The molecule has 0 amide bonds. The van der Waals surface area contributed by atoms with E-state index < -0.39 is 0 Å². The molecule has 0 aliphatic carbocycles. The van der Waals surface area contributed by atoms with E-state index in [4.69, 9.17) is 4.74 Å². The van der Waals surface area contributed by atoms with Gasteiger partial charge in [-0.2, -0.15) is 0 Å². The van der Waals surface area contributed by atoms with E-state index in [0.717, 1.165) is 25.2 Å². The van der Waals surface area contributed by atoms with Crippen LogP contribution in [-0.2, 0) is 0 Å². The normalized spacial score (nSPS) is 21.2. The van der Waals surface area contributed by atoms with Gasteiger partial charge in [-0.05, 0) is 52.4 Å². The Labute approximate surface area is 129 Å². The Morgan fingerprint density at radius 1 is 1.33 bits per heavy atom. The molecule has 0 aromatic heterocycles. The maximum absolute atomic E-state index is 6.11. The van der Waals surface area contributed by atoms with Crippen molar-refractivity contribution in [1.29, 1.82) is 0 Å².